The number of aromatic carboxylic acids is 1. The summed E-state index contributed by atoms with van der Waals surface area (Å²) in [6.45, 7) is 1.51. The number of aromatic hydroxyl groups is 1. The molecule has 0 fully saturated rings. The van der Waals surface area contributed by atoms with Gasteiger partial charge in [-0.3, -0.25) is 4.72 Å². The van der Waals surface area contributed by atoms with Crippen LogP contribution in [0.4, 0.5) is 5.69 Å². The summed E-state index contributed by atoms with van der Waals surface area (Å²) in [5.74, 6) is -2.28. The first-order valence-electron chi connectivity index (χ1n) is 6.16. The molecule has 2 aromatic rings. The van der Waals surface area contributed by atoms with Crippen molar-refractivity contribution in [3.8, 4) is 5.75 Å². The maximum atomic E-state index is 12.4. The zero-order valence-corrected chi connectivity index (χ0v) is 14.0. The molecule has 0 radical (unpaired) electrons. The van der Waals surface area contributed by atoms with Gasteiger partial charge in [-0.2, -0.15) is 0 Å². The summed E-state index contributed by atoms with van der Waals surface area (Å²) in [5.41, 5.74) is -0.0933. The Kier molecular flexibility index (Phi) is 4.74. The van der Waals surface area contributed by atoms with Crippen molar-refractivity contribution in [1.82, 2.24) is 0 Å². The van der Waals surface area contributed by atoms with E-state index in [0.717, 1.165) is 6.07 Å². The maximum Gasteiger partial charge on any atom is 0.339 e. The van der Waals surface area contributed by atoms with E-state index < -0.39 is 32.2 Å². The van der Waals surface area contributed by atoms with Crippen LogP contribution in [0.25, 0.3) is 0 Å². The van der Waals surface area contributed by atoms with Gasteiger partial charge in [0.25, 0.3) is 10.0 Å². The number of anilines is 1. The van der Waals surface area contributed by atoms with Gasteiger partial charge in [-0.15, -0.1) is 0 Å². The molecule has 6 nitrogen and oxygen atoms in total. The second-order valence-electron chi connectivity index (χ2n) is 4.69. The first-order valence-corrected chi connectivity index (χ1v) is 8.40. The molecule has 2 rings (SSSR count). The summed E-state index contributed by atoms with van der Waals surface area (Å²) < 4.78 is 27.1. The predicted octanol–water partition coefficient (Wildman–Crippen LogP) is 3.51. The molecular weight excluding hydrogens is 365 g/mol. The molecule has 3 N–H and O–H groups in total. The summed E-state index contributed by atoms with van der Waals surface area (Å²) in [6.07, 6.45) is 0. The highest BCUT2D eigenvalue weighted by molar-refractivity contribution is 7.92. The second-order valence-corrected chi connectivity index (χ2v) is 7.19. The third kappa shape index (κ3) is 3.69. The Balaban J connectivity index is 2.54. The Bertz CT molecular complexity index is 896. The Labute approximate surface area is 142 Å². The summed E-state index contributed by atoms with van der Waals surface area (Å²) in [7, 11) is -4.25. The standard InChI is InChI=1S/C14H11Cl2NO5S/c1-7-4-9(14(19)20)13(18)12(5-7)23(21,22)17-11-3-2-8(15)6-10(11)16/h2-6,17-18H,1H3,(H,19,20). The molecule has 0 aliphatic rings. The van der Waals surface area contributed by atoms with Crippen molar-refractivity contribution in [3.05, 3.63) is 51.5 Å². The van der Waals surface area contributed by atoms with Crippen LogP contribution in [-0.2, 0) is 10.0 Å². The van der Waals surface area contributed by atoms with Gasteiger partial charge < -0.3 is 10.2 Å². The van der Waals surface area contributed by atoms with Crippen LogP contribution in [0, 0.1) is 6.92 Å². The summed E-state index contributed by atoms with van der Waals surface area (Å²) in [6, 6.07) is 6.47. The van der Waals surface area contributed by atoms with Gasteiger partial charge in [-0.1, -0.05) is 23.2 Å². The van der Waals surface area contributed by atoms with Crippen LogP contribution in [0.3, 0.4) is 0 Å². The average molecular weight is 376 g/mol. The van der Waals surface area contributed by atoms with Crippen molar-refractivity contribution >= 4 is 44.9 Å². The zero-order chi connectivity index (χ0) is 17.4. The molecule has 0 unspecified atom stereocenters. The third-order valence-corrected chi connectivity index (χ3v) is 4.84. The number of nitrogens with one attached hydrogen (secondary N) is 1. The second kappa shape index (κ2) is 6.27. The molecule has 23 heavy (non-hydrogen) atoms. The molecule has 0 atom stereocenters. The van der Waals surface area contributed by atoms with Crippen molar-refractivity contribution in [2.24, 2.45) is 0 Å². The van der Waals surface area contributed by atoms with Gasteiger partial charge in [0.1, 0.15) is 10.5 Å². The highest BCUT2D eigenvalue weighted by Crippen LogP contribution is 2.32. The maximum absolute atomic E-state index is 12.4. The Hall–Kier alpha value is -1.96. The van der Waals surface area contributed by atoms with Gasteiger partial charge in [-0.25, -0.2) is 13.2 Å². The molecule has 0 aliphatic heterocycles. The molecule has 0 amide bonds. The Morgan fingerprint density at radius 1 is 1.17 bits per heavy atom. The predicted molar refractivity (Wildman–Crippen MR) is 87.1 cm³/mol. The van der Waals surface area contributed by atoms with Crippen molar-refractivity contribution in [2.75, 3.05) is 4.72 Å². The molecule has 0 heterocycles. The average Bonchev–Trinajstić information content (AvgIpc) is 2.43. The van der Waals surface area contributed by atoms with Crippen LogP contribution < -0.4 is 4.72 Å². The van der Waals surface area contributed by atoms with Crippen LogP contribution in [0.5, 0.6) is 5.75 Å². The van der Waals surface area contributed by atoms with E-state index in [1.807, 2.05) is 0 Å². The number of halogens is 2. The number of carboxylic acids is 1. The Morgan fingerprint density at radius 2 is 1.83 bits per heavy atom. The number of carbonyl (C=O) groups is 1. The van der Waals surface area contributed by atoms with Crippen LogP contribution >= 0.6 is 23.2 Å². The van der Waals surface area contributed by atoms with Gasteiger partial charge in [0.15, 0.2) is 5.75 Å². The fourth-order valence-corrected chi connectivity index (χ4v) is 3.68. The summed E-state index contributed by atoms with van der Waals surface area (Å²) in [4.78, 5) is 10.5. The number of hydrogen-bond acceptors (Lipinski definition) is 4. The third-order valence-electron chi connectivity index (χ3n) is 2.91. The smallest absolute Gasteiger partial charge is 0.339 e. The monoisotopic (exact) mass is 375 g/mol. The van der Waals surface area contributed by atoms with Crippen molar-refractivity contribution in [3.63, 3.8) is 0 Å². The molecule has 0 saturated carbocycles. The van der Waals surface area contributed by atoms with E-state index in [2.05, 4.69) is 4.72 Å². The molecule has 0 saturated heterocycles. The minimum Gasteiger partial charge on any atom is -0.506 e. The SMILES string of the molecule is Cc1cc(C(=O)O)c(O)c(S(=O)(=O)Nc2ccc(Cl)cc2Cl)c1. The van der Waals surface area contributed by atoms with Crippen LogP contribution in [-0.4, -0.2) is 24.6 Å². The fraction of sp³-hybridized carbons (Fsp3) is 0.0714. The topological polar surface area (TPSA) is 104 Å². The van der Waals surface area contributed by atoms with E-state index in [-0.39, 0.29) is 10.7 Å². The van der Waals surface area contributed by atoms with E-state index in [9.17, 15) is 18.3 Å². The lowest BCUT2D eigenvalue weighted by molar-refractivity contribution is 0.0693. The largest absolute Gasteiger partial charge is 0.506 e. The number of aryl methyl sites for hydroxylation is 1. The van der Waals surface area contributed by atoms with Gasteiger partial charge in [0.2, 0.25) is 0 Å². The highest BCUT2D eigenvalue weighted by Gasteiger charge is 2.25. The number of rotatable bonds is 4. The Morgan fingerprint density at radius 3 is 2.39 bits per heavy atom. The molecule has 0 aliphatic carbocycles. The first kappa shape index (κ1) is 17.4. The molecule has 0 aromatic heterocycles. The minimum absolute atomic E-state index is 0.0499. The summed E-state index contributed by atoms with van der Waals surface area (Å²) >= 11 is 11.6. The summed E-state index contributed by atoms with van der Waals surface area (Å²) in [5, 5.41) is 19.4. The molecule has 0 bridgehead atoms. The van der Waals surface area contributed by atoms with Crippen molar-refractivity contribution in [1.29, 1.82) is 0 Å². The number of benzene rings is 2. The first-order chi connectivity index (χ1) is 10.6. The van der Waals surface area contributed by atoms with E-state index in [4.69, 9.17) is 28.3 Å². The van der Waals surface area contributed by atoms with Crippen LogP contribution in [0.1, 0.15) is 15.9 Å². The van der Waals surface area contributed by atoms with Crippen molar-refractivity contribution in [2.45, 2.75) is 11.8 Å². The molecular formula is C14H11Cl2NO5S. The molecule has 2 aromatic carbocycles. The molecule has 122 valence electrons. The lowest BCUT2D eigenvalue weighted by atomic mass is 10.1. The van der Waals surface area contributed by atoms with E-state index in [1.54, 1.807) is 0 Å². The van der Waals surface area contributed by atoms with E-state index in [0.29, 0.717) is 10.6 Å². The molecule has 0 spiro atoms. The zero-order valence-electron chi connectivity index (χ0n) is 11.7. The fourth-order valence-electron chi connectivity index (χ4n) is 1.89. The minimum atomic E-state index is -4.25. The van der Waals surface area contributed by atoms with Gasteiger partial charge >= 0.3 is 5.97 Å². The van der Waals surface area contributed by atoms with Gasteiger partial charge in [0, 0.05) is 5.02 Å². The normalized spacial score (nSPS) is 11.3. The van der Waals surface area contributed by atoms with Gasteiger partial charge in [-0.05, 0) is 42.8 Å². The van der Waals surface area contributed by atoms with Crippen LogP contribution in [0.2, 0.25) is 10.0 Å². The van der Waals surface area contributed by atoms with Gasteiger partial charge in [0.05, 0.1) is 10.7 Å². The van der Waals surface area contributed by atoms with Crippen LogP contribution in [0.15, 0.2) is 35.2 Å². The number of phenols is 1. The lowest BCUT2D eigenvalue weighted by Crippen LogP contribution is -2.15. The van der Waals surface area contributed by atoms with E-state index in [1.165, 1.54) is 31.2 Å². The number of hydrogen-bond donors (Lipinski definition) is 3. The van der Waals surface area contributed by atoms with Crippen molar-refractivity contribution < 1.29 is 23.4 Å². The van der Waals surface area contributed by atoms with E-state index >= 15 is 0 Å². The highest BCUT2D eigenvalue weighted by atomic mass is 35.5. The number of sulfonamides is 1. The quantitative estimate of drug-likeness (QED) is 0.758. The lowest BCUT2D eigenvalue weighted by Gasteiger charge is -2.13. The molecule has 9 heteroatoms. The number of carboxylic acid groups (broad SMARTS) is 1.